The number of nitrogens with one attached hydrogen (secondary N) is 1. The van der Waals surface area contributed by atoms with E-state index < -0.39 is 21.3 Å². The second-order valence-corrected chi connectivity index (χ2v) is 8.74. The van der Waals surface area contributed by atoms with Gasteiger partial charge in [0, 0.05) is 12.7 Å². The zero-order chi connectivity index (χ0) is 20.4. The molecule has 3 rings (SSSR count). The van der Waals surface area contributed by atoms with E-state index in [1.807, 2.05) is 0 Å². The number of hydrogen-bond donors (Lipinski definition) is 1. The SMILES string of the molecule is COc1ccc(S(=O)(=O)CCNC(=O)C2(C)CC(=O)N3C=CC=CC3=N2)cc1. The third kappa shape index (κ3) is 3.99. The van der Waals surface area contributed by atoms with E-state index in [1.54, 1.807) is 43.5 Å². The number of fused-ring (bicyclic) bond motifs is 1. The molecule has 0 radical (unpaired) electrons. The Balaban J connectivity index is 1.64. The highest BCUT2D eigenvalue weighted by Crippen LogP contribution is 2.25. The molecule has 28 heavy (non-hydrogen) atoms. The largest absolute Gasteiger partial charge is 0.497 e. The average Bonchev–Trinajstić information content (AvgIpc) is 2.67. The van der Waals surface area contributed by atoms with Crippen LogP contribution in [0, 0.1) is 0 Å². The number of hydrogen-bond acceptors (Lipinski definition) is 6. The molecule has 2 aliphatic rings. The Morgan fingerprint density at radius 1 is 1.29 bits per heavy atom. The summed E-state index contributed by atoms with van der Waals surface area (Å²) in [5, 5.41) is 2.59. The first-order valence-corrected chi connectivity index (χ1v) is 10.3. The minimum atomic E-state index is -3.56. The van der Waals surface area contributed by atoms with Crippen molar-refractivity contribution in [3.05, 3.63) is 48.7 Å². The summed E-state index contributed by atoms with van der Waals surface area (Å²) in [6, 6.07) is 6.05. The quantitative estimate of drug-likeness (QED) is 0.765. The zero-order valence-corrected chi connectivity index (χ0v) is 16.4. The molecule has 2 amide bonds. The van der Waals surface area contributed by atoms with E-state index in [-0.39, 0.29) is 29.5 Å². The van der Waals surface area contributed by atoms with Crippen molar-refractivity contribution >= 4 is 27.5 Å². The molecule has 1 unspecified atom stereocenters. The van der Waals surface area contributed by atoms with Gasteiger partial charge in [-0.15, -0.1) is 0 Å². The molecule has 1 atom stereocenters. The number of rotatable bonds is 6. The molecular formula is C19H21N3O5S. The lowest BCUT2D eigenvalue weighted by Gasteiger charge is -2.33. The Hall–Kier alpha value is -2.94. The third-order valence-electron chi connectivity index (χ3n) is 4.53. The van der Waals surface area contributed by atoms with E-state index in [1.165, 1.54) is 24.1 Å². The summed E-state index contributed by atoms with van der Waals surface area (Å²) in [5.74, 6) is -0.0420. The molecule has 0 saturated carbocycles. The average molecular weight is 403 g/mol. The Bertz CT molecular complexity index is 979. The lowest BCUT2D eigenvalue weighted by Crippen LogP contribution is -2.52. The van der Waals surface area contributed by atoms with Crippen molar-refractivity contribution in [2.45, 2.75) is 23.8 Å². The third-order valence-corrected chi connectivity index (χ3v) is 6.26. The molecule has 0 saturated heterocycles. The van der Waals surface area contributed by atoms with Crippen molar-refractivity contribution in [3.8, 4) is 5.75 Å². The van der Waals surface area contributed by atoms with Crippen LogP contribution in [0.2, 0.25) is 0 Å². The van der Waals surface area contributed by atoms with E-state index >= 15 is 0 Å². The number of methoxy groups -OCH3 is 1. The molecule has 0 spiro atoms. The second-order valence-electron chi connectivity index (χ2n) is 6.64. The normalized spacial score (nSPS) is 21.1. The maximum absolute atomic E-state index is 12.6. The van der Waals surface area contributed by atoms with Crippen LogP contribution in [-0.4, -0.2) is 55.9 Å². The maximum Gasteiger partial charge on any atom is 0.248 e. The molecule has 0 bridgehead atoms. The predicted octanol–water partition coefficient (Wildman–Crippen LogP) is 1.06. The van der Waals surface area contributed by atoms with Crippen molar-refractivity contribution in [2.75, 3.05) is 19.4 Å². The summed E-state index contributed by atoms with van der Waals surface area (Å²) >= 11 is 0. The predicted molar refractivity (Wildman–Crippen MR) is 104 cm³/mol. The van der Waals surface area contributed by atoms with E-state index in [2.05, 4.69) is 10.3 Å². The van der Waals surface area contributed by atoms with Gasteiger partial charge < -0.3 is 10.1 Å². The highest BCUT2D eigenvalue weighted by molar-refractivity contribution is 7.91. The first-order chi connectivity index (χ1) is 13.2. The van der Waals surface area contributed by atoms with Crippen LogP contribution in [0.5, 0.6) is 5.75 Å². The highest BCUT2D eigenvalue weighted by atomic mass is 32.2. The molecule has 0 fully saturated rings. The lowest BCUT2D eigenvalue weighted by atomic mass is 9.94. The van der Waals surface area contributed by atoms with Gasteiger partial charge in [0.05, 0.1) is 24.2 Å². The Labute approximate surface area is 163 Å². The van der Waals surface area contributed by atoms with Crippen LogP contribution < -0.4 is 10.1 Å². The van der Waals surface area contributed by atoms with Crippen molar-refractivity contribution in [3.63, 3.8) is 0 Å². The molecule has 148 valence electrons. The number of allylic oxidation sites excluding steroid dienone is 2. The van der Waals surface area contributed by atoms with Crippen molar-refractivity contribution in [2.24, 2.45) is 4.99 Å². The first-order valence-electron chi connectivity index (χ1n) is 8.67. The van der Waals surface area contributed by atoms with Crippen LogP contribution in [0.15, 0.2) is 58.6 Å². The van der Waals surface area contributed by atoms with Gasteiger partial charge in [0.15, 0.2) is 9.84 Å². The van der Waals surface area contributed by atoms with Crippen LogP contribution in [0.4, 0.5) is 0 Å². The number of carbonyl (C=O) groups is 2. The molecule has 1 N–H and O–H groups in total. The molecule has 1 aromatic carbocycles. The van der Waals surface area contributed by atoms with Gasteiger partial charge in [-0.25, -0.2) is 8.42 Å². The fraction of sp³-hybridized carbons (Fsp3) is 0.316. The van der Waals surface area contributed by atoms with Crippen molar-refractivity contribution < 1.29 is 22.7 Å². The monoisotopic (exact) mass is 403 g/mol. The summed E-state index contributed by atoms with van der Waals surface area (Å²) in [6.45, 7) is 1.48. The van der Waals surface area contributed by atoms with Crippen LogP contribution in [0.1, 0.15) is 13.3 Å². The van der Waals surface area contributed by atoms with E-state index in [4.69, 9.17) is 4.74 Å². The molecular weight excluding hydrogens is 382 g/mol. The summed E-state index contributed by atoms with van der Waals surface area (Å²) < 4.78 is 29.8. The molecule has 2 aliphatic heterocycles. The molecule has 1 aromatic rings. The minimum absolute atomic E-state index is 0.0821. The van der Waals surface area contributed by atoms with Gasteiger partial charge in [-0.2, -0.15) is 0 Å². The maximum atomic E-state index is 12.6. The Morgan fingerprint density at radius 3 is 2.68 bits per heavy atom. The molecule has 9 heteroatoms. The van der Waals surface area contributed by atoms with E-state index in [0.717, 1.165) is 0 Å². The number of carbonyl (C=O) groups excluding carboxylic acids is 2. The summed E-state index contributed by atoms with van der Waals surface area (Å²) in [7, 11) is -2.07. The number of amidine groups is 1. The van der Waals surface area contributed by atoms with Crippen LogP contribution in [-0.2, 0) is 19.4 Å². The number of nitrogens with zero attached hydrogens (tertiary/aromatic N) is 2. The van der Waals surface area contributed by atoms with E-state index in [0.29, 0.717) is 11.6 Å². The highest BCUT2D eigenvalue weighted by Gasteiger charge is 2.41. The smallest absolute Gasteiger partial charge is 0.248 e. The number of amides is 2. The summed E-state index contributed by atoms with van der Waals surface area (Å²) in [5.41, 5.74) is -1.28. The molecule has 0 aliphatic carbocycles. The first kappa shape index (κ1) is 19.8. The topological polar surface area (TPSA) is 105 Å². The number of ether oxygens (including phenoxy) is 1. The minimum Gasteiger partial charge on any atom is -0.497 e. The van der Waals surface area contributed by atoms with Gasteiger partial charge in [-0.1, -0.05) is 6.08 Å². The number of benzene rings is 1. The van der Waals surface area contributed by atoms with Crippen LogP contribution in [0.25, 0.3) is 0 Å². The van der Waals surface area contributed by atoms with Crippen LogP contribution >= 0.6 is 0 Å². The van der Waals surface area contributed by atoms with Gasteiger partial charge >= 0.3 is 0 Å². The zero-order valence-electron chi connectivity index (χ0n) is 15.6. The van der Waals surface area contributed by atoms with Crippen molar-refractivity contribution in [1.29, 1.82) is 0 Å². The lowest BCUT2D eigenvalue weighted by molar-refractivity contribution is -0.134. The van der Waals surface area contributed by atoms with Crippen molar-refractivity contribution in [1.82, 2.24) is 10.2 Å². The summed E-state index contributed by atoms with van der Waals surface area (Å²) in [4.78, 5) is 30.8. The second kappa shape index (κ2) is 7.59. The van der Waals surface area contributed by atoms with Gasteiger partial charge in [-0.3, -0.25) is 19.5 Å². The fourth-order valence-electron chi connectivity index (χ4n) is 2.93. The standard InChI is InChI=1S/C19H21N3O5S/c1-19(13-17(23)22-11-4-3-5-16(22)21-19)18(24)20-10-12-28(25,26)15-8-6-14(27-2)7-9-15/h3-9,11H,10,12-13H2,1-2H3,(H,20,24). The van der Waals surface area contributed by atoms with Gasteiger partial charge in [0.2, 0.25) is 11.8 Å². The van der Waals surface area contributed by atoms with Crippen LogP contribution in [0.3, 0.4) is 0 Å². The Kier molecular flexibility index (Phi) is 5.37. The van der Waals surface area contributed by atoms with E-state index in [9.17, 15) is 18.0 Å². The fourth-order valence-corrected chi connectivity index (χ4v) is 4.09. The number of sulfone groups is 1. The van der Waals surface area contributed by atoms with Gasteiger partial charge in [0.25, 0.3) is 0 Å². The Morgan fingerprint density at radius 2 is 2.00 bits per heavy atom. The summed E-state index contributed by atoms with van der Waals surface area (Å²) in [6.07, 6.45) is 6.60. The number of aliphatic imine (C=N–C) groups is 1. The molecule has 2 heterocycles. The molecule has 0 aromatic heterocycles. The molecule has 8 nitrogen and oxygen atoms in total. The van der Waals surface area contributed by atoms with Gasteiger partial charge in [0.1, 0.15) is 17.1 Å². The van der Waals surface area contributed by atoms with Gasteiger partial charge in [-0.05, 0) is 43.3 Å².